The maximum atomic E-state index is 5.25. The zero-order valence-corrected chi connectivity index (χ0v) is 10.2. The Kier molecular flexibility index (Phi) is 3.34. The molecule has 0 saturated heterocycles. The monoisotopic (exact) mass is 249 g/mol. The number of pyridine rings is 1. The fraction of sp³-hybridized carbons (Fsp3) is 0.182. The molecule has 0 aliphatic carbocycles. The van der Waals surface area contributed by atoms with E-state index in [-0.39, 0.29) is 0 Å². The van der Waals surface area contributed by atoms with Crippen LogP contribution in [-0.2, 0) is 0 Å². The van der Waals surface area contributed by atoms with Crippen molar-refractivity contribution in [1.82, 2.24) is 15.0 Å². The van der Waals surface area contributed by atoms with Crippen LogP contribution >= 0.6 is 12.2 Å². The fourth-order valence-corrected chi connectivity index (χ4v) is 1.73. The molecular weight excluding hydrogens is 238 g/mol. The lowest BCUT2D eigenvalue weighted by molar-refractivity contribution is 0.405. The number of methoxy groups -OCH3 is 2. The summed E-state index contributed by atoms with van der Waals surface area (Å²) in [5.74, 6) is 1.13. The molecular formula is C11H11N3O2S. The third-order valence-corrected chi connectivity index (χ3v) is 2.53. The molecule has 0 aromatic carbocycles. The van der Waals surface area contributed by atoms with Crippen LogP contribution in [0, 0.1) is 4.64 Å². The van der Waals surface area contributed by atoms with Crippen LogP contribution in [0.25, 0.3) is 11.4 Å². The Bertz CT molecular complexity index is 583. The second kappa shape index (κ2) is 4.92. The number of aromatic nitrogens is 3. The first-order valence-corrected chi connectivity index (χ1v) is 5.29. The Morgan fingerprint density at radius 1 is 1.24 bits per heavy atom. The van der Waals surface area contributed by atoms with Crippen LogP contribution in [0.5, 0.6) is 11.5 Å². The lowest BCUT2D eigenvalue weighted by Gasteiger charge is -2.10. The van der Waals surface area contributed by atoms with Gasteiger partial charge in [-0.3, -0.25) is 4.98 Å². The van der Waals surface area contributed by atoms with Crippen molar-refractivity contribution in [2.45, 2.75) is 0 Å². The van der Waals surface area contributed by atoms with Gasteiger partial charge in [-0.25, -0.2) is 4.98 Å². The third kappa shape index (κ3) is 2.12. The van der Waals surface area contributed by atoms with E-state index in [1.807, 2.05) is 6.07 Å². The highest BCUT2D eigenvalue weighted by molar-refractivity contribution is 7.71. The molecule has 0 radical (unpaired) electrons. The molecule has 0 saturated carbocycles. The molecule has 0 bridgehead atoms. The highest BCUT2D eigenvalue weighted by atomic mass is 32.1. The second-order valence-corrected chi connectivity index (χ2v) is 3.56. The number of aromatic amines is 1. The first-order valence-electron chi connectivity index (χ1n) is 4.89. The number of ether oxygens (including phenoxy) is 2. The highest BCUT2D eigenvalue weighted by Gasteiger charge is 2.14. The normalized spacial score (nSPS) is 10.0. The van der Waals surface area contributed by atoms with Gasteiger partial charge in [-0.2, -0.15) is 0 Å². The van der Waals surface area contributed by atoms with Crippen LogP contribution in [0.4, 0.5) is 0 Å². The molecule has 2 heterocycles. The maximum absolute atomic E-state index is 5.25. The molecule has 2 aromatic rings. The summed E-state index contributed by atoms with van der Waals surface area (Å²) in [7, 11) is 3.13. The van der Waals surface area contributed by atoms with E-state index in [1.54, 1.807) is 26.5 Å². The van der Waals surface area contributed by atoms with Gasteiger partial charge in [-0.1, -0.05) is 12.2 Å². The summed E-state index contributed by atoms with van der Waals surface area (Å²) in [6.45, 7) is 0. The van der Waals surface area contributed by atoms with Gasteiger partial charge in [0.15, 0.2) is 10.4 Å². The Labute approximate surface area is 103 Å². The second-order valence-electron chi connectivity index (χ2n) is 3.17. The van der Waals surface area contributed by atoms with Gasteiger partial charge in [0, 0.05) is 6.20 Å². The van der Waals surface area contributed by atoms with Crippen molar-refractivity contribution >= 4 is 12.2 Å². The summed E-state index contributed by atoms with van der Waals surface area (Å²) in [5.41, 5.74) is 1.30. The van der Waals surface area contributed by atoms with Crippen molar-refractivity contribution in [1.29, 1.82) is 0 Å². The Morgan fingerprint density at radius 2 is 2.06 bits per heavy atom. The summed E-state index contributed by atoms with van der Waals surface area (Å²) >= 11 is 5.09. The van der Waals surface area contributed by atoms with E-state index < -0.39 is 0 Å². The first-order chi connectivity index (χ1) is 8.27. The van der Waals surface area contributed by atoms with Gasteiger partial charge in [-0.15, -0.1) is 0 Å². The molecule has 2 rings (SSSR count). The molecule has 0 fully saturated rings. The number of nitrogens with zero attached hydrogens (tertiary/aromatic N) is 2. The van der Waals surface area contributed by atoms with E-state index in [9.17, 15) is 0 Å². The molecule has 0 spiro atoms. The van der Waals surface area contributed by atoms with Crippen LogP contribution in [0.15, 0.2) is 24.7 Å². The molecule has 2 aromatic heterocycles. The van der Waals surface area contributed by atoms with Gasteiger partial charge in [0.25, 0.3) is 0 Å². The predicted molar refractivity (Wildman–Crippen MR) is 65.8 cm³/mol. The Morgan fingerprint density at radius 3 is 2.76 bits per heavy atom. The zero-order valence-electron chi connectivity index (χ0n) is 9.43. The van der Waals surface area contributed by atoms with Crippen molar-refractivity contribution in [3.05, 3.63) is 29.3 Å². The summed E-state index contributed by atoms with van der Waals surface area (Å²) in [4.78, 5) is 11.2. The van der Waals surface area contributed by atoms with Gasteiger partial charge in [0.1, 0.15) is 17.1 Å². The zero-order chi connectivity index (χ0) is 12.3. The Hall–Kier alpha value is -1.95. The van der Waals surface area contributed by atoms with Crippen LogP contribution in [0.1, 0.15) is 0 Å². The van der Waals surface area contributed by atoms with Crippen LogP contribution in [0.3, 0.4) is 0 Å². The summed E-state index contributed by atoms with van der Waals surface area (Å²) in [5, 5.41) is 0. The minimum Gasteiger partial charge on any atom is -0.494 e. The van der Waals surface area contributed by atoms with E-state index in [0.29, 0.717) is 27.5 Å². The number of rotatable bonds is 3. The van der Waals surface area contributed by atoms with Crippen molar-refractivity contribution in [3.8, 4) is 22.9 Å². The van der Waals surface area contributed by atoms with Gasteiger partial charge in [0.05, 0.1) is 20.5 Å². The standard InChI is InChI=1S/C11H11N3O2S/c1-15-7-4-3-5-12-8(7)9-10(16-2)11(17)14-6-13-9/h3-6H,1-2H3,(H,13,14,17). The molecule has 5 nitrogen and oxygen atoms in total. The number of nitrogens with one attached hydrogen (secondary N) is 1. The maximum Gasteiger partial charge on any atom is 0.181 e. The highest BCUT2D eigenvalue weighted by Crippen LogP contribution is 2.32. The number of H-pyrrole nitrogens is 1. The summed E-state index contributed by atoms with van der Waals surface area (Å²) < 4.78 is 10.9. The largest absolute Gasteiger partial charge is 0.494 e. The van der Waals surface area contributed by atoms with Crippen molar-refractivity contribution in [3.63, 3.8) is 0 Å². The lowest BCUT2D eigenvalue weighted by Crippen LogP contribution is -1.98. The smallest absolute Gasteiger partial charge is 0.181 e. The van der Waals surface area contributed by atoms with Crippen LogP contribution in [0.2, 0.25) is 0 Å². The lowest BCUT2D eigenvalue weighted by atomic mass is 10.2. The molecule has 0 aliphatic heterocycles. The van der Waals surface area contributed by atoms with Gasteiger partial charge < -0.3 is 14.5 Å². The molecule has 17 heavy (non-hydrogen) atoms. The van der Waals surface area contributed by atoms with E-state index in [2.05, 4.69) is 15.0 Å². The van der Waals surface area contributed by atoms with Crippen molar-refractivity contribution in [2.24, 2.45) is 0 Å². The van der Waals surface area contributed by atoms with Crippen LogP contribution in [-0.4, -0.2) is 29.2 Å². The minimum atomic E-state index is 0.383. The molecule has 1 N–H and O–H groups in total. The SMILES string of the molecule is COc1cccnc1-c1[nH]cnc(=S)c1OC. The quantitative estimate of drug-likeness (QED) is 0.845. The van der Waals surface area contributed by atoms with Crippen molar-refractivity contribution in [2.75, 3.05) is 14.2 Å². The molecule has 6 heteroatoms. The first kappa shape index (κ1) is 11.5. The van der Waals surface area contributed by atoms with Crippen molar-refractivity contribution < 1.29 is 9.47 Å². The average Bonchev–Trinajstić information content (AvgIpc) is 2.38. The molecule has 88 valence electrons. The van der Waals surface area contributed by atoms with E-state index >= 15 is 0 Å². The summed E-state index contributed by atoms with van der Waals surface area (Å²) in [6.07, 6.45) is 3.18. The van der Waals surface area contributed by atoms with E-state index in [4.69, 9.17) is 21.7 Å². The molecule has 0 atom stereocenters. The third-order valence-electron chi connectivity index (χ3n) is 2.24. The van der Waals surface area contributed by atoms with Gasteiger partial charge >= 0.3 is 0 Å². The van der Waals surface area contributed by atoms with Crippen LogP contribution < -0.4 is 9.47 Å². The number of hydrogen-bond donors (Lipinski definition) is 1. The minimum absolute atomic E-state index is 0.383. The topological polar surface area (TPSA) is 60.0 Å². The van der Waals surface area contributed by atoms with Gasteiger partial charge in [0.2, 0.25) is 0 Å². The summed E-state index contributed by atoms with van der Waals surface area (Å²) in [6, 6.07) is 3.61. The number of hydrogen-bond acceptors (Lipinski definition) is 5. The molecule has 0 unspecified atom stereocenters. The molecule has 0 amide bonds. The fourth-order valence-electron chi connectivity index (χ4n) is 1.49. The molecule has 0 aliphatic rings. The van der Waals surface area contributed by atoms with Gasteiger partial charge in [-0.05, 0) is 12.1 Å². The predicted octanol–water partition coefficient (Wildman–Crippen LogP) is 2.22. The Balaban J connectivity index is 2.68. The van der Waals surface area contributed by atoms with E-state index in [1.165, 1.54) is 6.33 Å². The van der Waals surface area contributed by atoms with E-state index in [0.717, 1.165) is 0 Å². The average molecular weight is 249 g/mol.